The van der Waals surface area contributed by atoms with Crippen LogP contribution in [0.25, 0.3) is 22.1 Å². The Hall–Kier alpha value is -3.97. The van der Waals surface area contributed by atoms with Gasteiger partial charge in [0.05, 0.1) is 18.6 Å². The molecular formula is C24H26N8O2. The number of piperidine rings is 1. The largest absolute Gasteiger partial charge is 0.341 e. The van der Waals surface area contributed by atoms with Crippen molar-refractivity contribution in [2.45, 2.75) is 45.8 Å². The Kier molecular flexibility index (Phi) is 5.63. The van der Waals surface area contributed by atoms with Crippen LogP contribution in [0.15, 0.2) is 33.9 Å². The first-order valence-electron chi connectivity index (χ1n) is 11.3. The van der Waals surface area contributed by atoms with E-state index in [9.17, 15) is 9.59 Å². The molecule has 10 heteroatoms. The monoisotopic (exact) mass is 458 g/mol. The fourth-order valence-electron chi connectivity index (χ4n) is 4.53. The lowest BCUT2D eigenvalue weighted by atomic mass is 10.1. The van der Waals surface area contributed by atoms with E-state index in [-0.39, 0.29) is 24.8 Å². The minimum atomic E-state index is -0.556. The number of nitrogens with zero attached hydrogens (tertiary/aromatic N) is 6. The van der Waals surface area contributed by atoms with E-state index >= 15 is 0 Å². The molecule has 174 valence electrons. The van der Waals surface area contributed by atoms with Crippen LogP contribution in [0, 0.1) is 18.8 Å². The van der Waals surface area contributed by atoms with Crippen molar-refractivity contribution in [3.63, 3.8) is 0 Å². The van der Waals surface area contributed by atoms with Gasteiger partial charge in [-0.1, -0.05) is 24.1 Å². The van der Waals surface area contributed by atoms with Gasteiger partial charge in [-0.15, -0.1) is 5.92 Å². The Morgan fingerprint density at radius 2 is 2.00 bits per heavy atom. The van der Waals surface area contributed by atoms with E-state index in [4.69, 9.17) is 5.73 Å². The highest BCUT2D eigenvalue weighted by Gasteiger charge is 2.25. The molecule has 5 rings (SSSR count). The van der Waals surface area contributed by atoms with Crippen molar-refractivity contribution < 1.29 is 0 Å². The van der Waals surface area contributed by atoms with Gasteiger partial charge in [-0.05, 0) is 32.8 Å². The van der Waals surface area contributed by atoms with Gasteiger partial charge >= 0.3 is 5.69 Å². The molecule has 10 nitrogen and oxygen atoms in total. The first-order valence-corrected chi connectivity index (χ1v) is 11.3. The summed E-state index contributed by atoms with van der Waals surface area (Å²) in [6.45, 7) is 5.27. The molecule has 1 fully saturated rings. The maximum atomic E-state index is 13.6. The van der Waals surface area contributed by atoms with Gasteiger partial charge in [0, 0.05) is 30.2 Å². The number of benzene rings is 1. The number of aryl methyl sites for hydroxylation is 1. The zero-order valence-electron chi connectivity index (χ0n) is 19.2. The molecule has 0 unspecified atom stereocenters. The fraction of sp³-hybridized carbons (Fsp3) is 0.375. The predicted molar refractivity (Wildman–Crippen MR) is 131 cm³/mol. The maximum Gasteiger partial charge on any atom is 0.330 e. The summed E-state index contributed by atoms with van der Waals surface area (Å²) in [7, 11) is 0. The number of nitrogens with one attached hydrogen (secondary N) is 1. The molecule has 1 aliphatic rings. The van der Waals surface area contributed by atoms with Crippen LogP contribution in [0.2, 0.25) is 0 Å². The Labute approximate surface area is 195 Å². The summed E-state index contributed by atoms with van der Waals surface area (Å²) in [6.07, 6.45) is 1.88. The molecule has 1 saturated heterocycles. The quantitative estimate of drug-likeness (QED) is 0.439. The van der Waals surface area contributed by atoms with Crippen LogP contribution in [-0.2, 0) is 13.1 Å². The van der Waals surface area contributed by atoms with Crippen LogP contribution in [0.1, 0.15) is 31.3 Å². The third kappa shape index (κ3) is 3.84. The van der Waals surface area contributed by atoms with Crippen molar-refractivity contribution in [2.75, 3.05) is 18.0 Å². The summed E-state index contributed by atoms with van der Waals surface area (Å²) in [6, 6.07) is 7.68. The molecule has 4 aromatic rings. The predicted octanol–water partition coefficient (Wildman–Crippen LogP) is 1.14. The van der Waals surface area contributed by atoms with Crippen LogP contribution >= 0.6 is 0 Å². The van der Waals surface area contributed by atoms with Crippen LogP contribution in [0.5, 0.6) is 0 Å². The van der Waals surface area contributed by atoms with Gasteiger partial charge in [-0.3, -0.25) is 18.9 Å². The van der Waals surface area contributed by atoms with E-state index in [2.05, 4.69) is 36.7 Å². The third-order valence-corrected chi connectivity index (χ3v) is 6.16. The molecule has 1 aliphatic heterocycles. The van der Waals surface area contributed by atoms with Crippen LogP contribution < -0.4 is 21.9 Å². The van der Waals surface area contributed by atoms with Crippen LogP contribution in [0.3, 0.4) is 0 Å². The van der Waals surface area contributed by atoms with Crippen molar-refractivity contribution in [2.24, 2.45) is 5.73 Å². The molecule has 0 spiro atoms. The Balaban J connectivity index is 1.64. The van der Waals surface area contributed by atoms with Crippen molar-refractivity contribution >= 4 is 28.0 Å². The van der Waals surface area contributed by atoms with Gasteiger partial charge < -0.3 is 10.6 Å². The van der Waals surface area contributed by atoms with Gasteiger partial charge in [0.15, 0.2) is 11.2 Å². The topological polar surface area (TPSA) is 128 Å². The van der Waals surface area contributed by atoms with Crippen LogP contribution in [0.4, 0.5) is 5.95 Å². The molecule has 0 radical (unpaired) electrons. The van der Waals surface area contributed by atoms with Gasteiger partial charge in [-0.25, -0.2) is 14.8 Å². The summed E-state index contributed by atoms with van der Waals surface area (Å²) < 4.78 is 2.89. The van der Waals surface area contributed by atoms with E-state index in [0.717, 1.165) is 40.6 Å². The molecular weight excluding hydrogens is 432 g/mol. The number of nitrogens with two attached hydrogens (primary N) is 1. The van der Waals surface area contributed by atoms with E-state index in [1.54, 1.807) is 11.5 Å². The average Bonchev–Trinajstić information content (AvgIpc) is 3.18. The summed E-state index contributed by atoms with van der Waals surface area (Å²) in [5.41, 5.74) is 7.27. The number of hydrogen-bond donors (Lipinski definition) is 2. The van der Waals surface area contributed by atoms with E-state index < -0.39 is 11.2 Å². The number of imidazole rings is 1. The average molecular weight is 459 g/mol. The second-order valence-electron chi connectivity index (χ2n) is 8.53. The van der Waals surface area contributed by atoms with E-state index in [0.29, 0.717) is 23.8 Å². The van der Waals surface area contributed by atoms with Crippen molar-refractivity contribution in [1.82, 2.24) is 29.1 Å². The van der Waals surface area contributed by atoms with Crippen molar-refractivity contribution in [3.8, 4) is 11.8 Å². The normalized spacial score (nSPS) is 16.1. The summed E-state index contributed by atoms with van der Waals surface area (Å²) in [4.78, 5) is 45.0. The molecule has 0 aliphatic carbocycles. The SMILES string of the molecule is CC#CCn1c(N2CCC[C@@H](N)C2)nc2[nH]c(=O)n(Cc3nc(C)c4ccccc4n3)c(=O)c21. The molecule has 0 amide bonds. The zero-order valence-corrected chi connectivity index (χ0v) is 19.2. The molecule has 3 N–H and O–H groups in total. The Morgan fingerprint density at radius 1 is 1.18 bits per heavy atom. The summed E-state index contributed by atoms with van der Waals surface area (Å²) in [5, 5.41) is 0.934. The number of H-pyrrole nitrogens is 1. The number of para-hydroxylation sites is 1. The summed E-state index contributed by atoms with van der Waals surface area (Å²) in [5.74, 6) is 6.88. The second kappa shape index (κ2) is 8.76. The molecule has 34 heavy (non-hydrogen) atoms. The molecule has 1 aromatic carbocycles. The number of aromatic amines is 1. The maximum absolute atomic E-state index is 13.6. The number of rotatable bonds is 4. The highest BCUT2D eigenvalue weighted by Crippen LogP contribution is 2.22. The van der Waals surface area contributed by atoms with Gasteiger partial charge in [-0.2, -0.15) is 4.98 Å². The standard InChI is InChI=1S/C24H26N8O2/c1-3-4-12-31-20-21(28-23(31)30-11-7-8-16(25)13-30)29-24(34)32(22(20)33)14-19-26-15(2)17-9-5-6-10-18(17)27-19/h5-6,9-10,16H,7-8,11-14,25H2,1-2H3,(H,29,34)/t16-/m1/s1. The lowest BCUT2D eigenvalue weighted by Crippen LogP contribution is -2.44. The highest BCUT2D eigenvalue weighted by molar-refractivity contribution is 5.80. The molecule has 1 atom stereocenters. The van der Waals surface area contributed by atoms with Crippen LogP contribution in [-0.4, -0.2) is 48.2 Å². The Morgan fingerprint density at radius 3 is 2.79 bits per heavy atom. The number of hydrogen-bond acceptors (Lipinski definition) is 7. The minimum absolute atomic E-state index is 0.0308. The number of fused-ring (bicyclic) bond motifs is 2. The van der Waals surface area contributed by atoms with Gasteiger partial charge in [0.1, 0.15) is 5.82 Å². The molecule has 0 saturated carbocycles. The minimum Gasteiger partial charge on any atom is -0.341 e. The molecule has 4 heterocycles. The molecule has 0 bridgehead atoms. The molecule has 3 aromatic heterocycles. The van der Waals surface area contributed by atoms with Gasteiger partial charge in [0.2, 0.25) is 5.95 Å². The van der Waals surface area contributed by atoms with Crippen molar-refractivity contribution in [1.29, 1.82) is 0 Å². The summed E-state index contributed by atoms with van der Waals surface area (Å²) >= 11 is 0. The first-order chi connectivity index (χ1) is 16.5. The second-order valence-corrected chi connectivity index (χ2v) is 8.53. The Bertz CT molecular complexity index is 1570. The third-order valence-electron chi connectivity index (χ3n) is 6.16. The van der Waals surface area contributed by atoms with Crippen molar-refractivity contribution in [3.05, 3.63) is 56.6 Å². The zero-order chi connectivity index (χ0) is 23.8. The number of anilines is 1. The smallest absolute Gasteiger partial charge is 0.330 e. The van der Waals surface area contributed by atoms with E-state index in [1.807, 2.05) is 31.2 Å². The lowest BCUT2D eigenvalue weighted by Gasteiger charge is -2.31. The highest BCUT2D eigenvalue weighted by atomic mass is 16.2. The number of aromatic nitrogens is 6. The first kappa shape index (κ1) is 21.9. The lowest BCUT2D eigenvalue weighted by molar-refractivity contribution is 0.496. The fourth-order valence-corrected chi connectivity index (χ4v) is 4.53. The van der Waals surface area contributed by atoms with Gasteiger partial charge in [0.25, 0.3) is 5.56 Å². The van der Waals surface area contributed by atoms with E-state index in [1.165, 1.54) is 0 Å².